The number of nitrogen functional groups attached to an aromatic ring is 1. The van der Waals surface area contributed by atoms with E-state index in [0.717, 1.165) is 5.06 Å². The first-order chi connectivity index (χ1) is 11.4. The number of hydroxylamine groups is 2. The molecule has 2 aromatic rings. The van der Waals surface area contributed by atoms with Crippen LogP contribution in [0.1, 0.15) is 26.5 Å². The summed E-state index contributed by atoms with van der Waals surface area (Å²) in [5, 5.41) is 22.0. The molecule has 1 aliphatic rings. The van der Waals surface area contributed by atoms with Gasteiger partial charge in [-0.1, -0.05) is 13.8 Å². The second-order valence-corrected chi connectivity index (χ2v) is 6.15. The van der Waals surface area contributed by atoms with E-state index in [2.05, 4.69) is 15.0 Å². The molecule has 0 spiro atoms. The lowest BCUT2D eigenvalue weighted by molar-refractivity contribution is -0.382. The molecule has 4 atom stereocenters. The summed E-state index contributed by atoms with van der Waals surface area (Å²) in [7, 11) is 1.38. The average molecular weight is 338 g/mol. The summed E-state index contributed by atoms with van der Waals surface area (Å²) in [5.41, 5.74) is 6.65. The Hall–Kier alpha value is -1.85. The maximum Gasteiger partial charge on any atom is 0.178 e. The average Bonchev–Trinajstić information content (AvgIpc) is 2.95. The summed E-state index contributed by atoms with van der Waals surface area (Å²) < 4.78 is 7.51. The van der Waals surface area contributed by atoms with E-state index in [1.54, 1.807) is 4.57 Å². The van der Waals surface area contributed by atoms with E-state index in [-0.39, 0.29) is 11.7 Å². The number of aliphatic hydroxyl groups is 2. The van der Waals surface area contributed by atoms with E-state index in [1.165, 1.54) is 19.8 Å². The number of nitrogens with zero attached hydrogens (tertiary/aromatic N) is 5. The van der Waals surface area contributed by atoms with Gasteiger partial charge in [-0.25, -0.2) is 15.0 Å². The zero-order chi connectivity index (χ0) is 17.4. The van der Waals surface area contributed by atoms with Gasteiger partial charge < -0.3 is 20.7 Å². The highest BCUT2D eigenvalue weighted by Crippen LogP contribution is 2.33. The third kappa shape index (κ3) is 2.82. The van der Waals surface area contributed by atoms with Crippen molar-refractivity contribution >= 4 is 17.0 Å². The maximum atomic E-state index is 10.5. The molecular formula is C14H22N6O4. The Bertz CT molecular complexity index is 708. The number of imidazole rings is 1. The maximum absolute atomic E-state index is 10.5. The Kier molecular flexibility index (Phi) is 4.65. The lowest BCUT2D eigenvalue weighted by Crippen LogP contribution is -2.58. The predicted octanol–water partition coefficient (Wildman–Crippen LogP) is -0.148. The van der Waals surface area contributed by atoms with E-state index >= 15 is 0 Å². The fourth-order valence-corrected chi connectivity index (χ4v) is 2.89. The van der Waals surface area contributed by atoms with E-state index < -0.39 is 24.8 Å². The number of hydrogen-bond acceptors (Lipinski definition) is 9. The van der Waals surface area contributed by atoms with Crippen molar-refractivity contribution in [3.05, 3.63) is 12.7 Å². The molecule has 24 heavy (non-hydrogen) atoms. The van der Waals surface area contributed by atoms with Crippen LogP contribution in [0.5, 0.6) is 0 Å². The largest absolute Gasteiger partial charge is 0.382 e. The van der Waals surface area contributed by atoms with Crippen molar-refractivity contribution in [1.82, 2.24) is 24.6 Å². The molecule has 10 nitrogen and oxygen atoms in total. The highest BCUT2D eigenvalue weighted by atomic mass is 16.7. The fourth-order valence-electron chi connectivity index (χ4n) is 2.89. The first-order valence-corrected chi connectivity index (χ1v) is 7.71. The third-order valence-electron chi connectivity index (χ3n) is 4.00. The number of rotatable bonds is 4. The molecule has 0 saturated carbocycles. The Morgan fingerprint density at radius 1 is 1.29 bits per heavy atom. The van der Waals surface area contributed by atoms with Crippen LogP contribution in [0.3, 0.4) is 0 Å². The fraction of sp³-hybridized carbons (Fsp3) is 0.643. The normalized spacial score (nSPS) is 28.8. The zero-order valence-corrected chi connectivity index (χ0v) is 13.8. The standard InChI is InChI=1S/C14H22N6O4/c1-7(2)4-8-12(21)20(23-3)13(22)14(24-8)19-6-18-9-10(15)16-5-17-11(9)19/h5-8,12-14,21-22H,4H2,1-3H3,(H2,15,16,17)/t8-,12?,13?,14?/m1/s1. The summed E-state index contributed by atoms with van der Waals surface area (Å²) in [4.78, 5) is 17.4. The lowest BCUT2D eigenvalue weighted by atomic mass is 10.0. The van der Waals surface area contributed by atoms with Crippen LogP contribution in [-0.4, -0.2) is 60.5 Å². The van der Waals surface area contributed by atoms with E-state index in [9.17, 15) is 10.2 Å². The smallest absolute Gasteiger partial charge is 0.178 e. The van der Waals surface area contributed by atoms with Crippen molar-refractivity contribution in [2.24, 2.45) is 5.92 Å². The molecule has 132 valence electrons. The number of nitrogens with two attached hydrogens (primary N) is 1. The van der Waals surface area contributed by atoms with Gasteiger partial charge in [-0.05, 0) is 12.3 Å². The quantitative estimate of drug-likeness (QED) is 0.696. The van der Waals surface area contributed by atoms with Gasteiger partial charge in [0.2, 0.25) is 0 Å². The van der Waals surface area contributed by atoms with Gasteiger partial charge in [0, 0.05) is 0 Å². The molecule has 0 radical (unpaired) electrons. The molecule has 0 aromatic carbocycles. The van der Waals surface area contributed by atoms with Gasteiger partial charge in [0.25, 0.3) is 0 Å². The molecule has 2 aromatic heterocycles. The summed E-state index contributed by atoms with van der Waals surface area (Å²) in [5.74, 6) is 0.531. The molecular weight excluding hydrogens is 316 g/mol. The van der Waals surface area contributed by atoms with Crippen LogP contribution in [0.25, 0.3) is 11.2 Å². The van der Waals surface area contributed by atoms with Gasteiger partial charge in [0.1, 0.15) is 17.9 Å². The first-order valence-electron chi connectivity index (χ1n) is 7.71. The van der Waals surface area contributed by atoms with Crippen LogP contribution in [0.2, 0.25) is 0 Å². The molecule has 3 rings (SSSR count). The van der Waals surface area contributed by atoms with Crippen molar-refractivity contribution in [3.63, 3.8) is 0 Å². The Morgan fingerprint density at radius 3 is 2.71 bits per heavy atom. The van der Waals surface area contributed by atoms with Gasteiger partial charge in [0.05, 0.1) is 13.4 Å². The highest BCUT2D eigenvalue weighted by molar-refractivity contribution is 5.81. The summed E-state index contributed by atoms with van der Waals surface area (Å²) in [6.45, 7) is 4.04. The van der Waals surface area contributed by atoms with Crippen molar-refractivity contribution in [1.29, 1.82) is 0 Å². The monoisotopic (exact) mass is 338 g/mol. The Balaban J connectivity index is 1.99. The number of ether oxygens (including phenoxy) is 1. The van der Waals surface area contributed by atoms with Gasteiger partial charge >= 0.3 is 0 Å². The van der Waals surface area contributed by atoms with Crippen LogP contribution in [0, 0.1) is 5.92 Å². The van der Waals surface area contributed by atoms with E-state index in [0.29, 0.717) is 17.6 Å². The van der Waals surface area contributed by atoms with Crippen molar-refractivity contribution in [3.8, 4) is 0 Å². The second kappa shape index (κ2) is 6.57. The molecule has 0 amide bonds. The molecule has 0 aliphatic carbocycles. The van der Waals surface area contributed by atoms with Crippen LogP contribution in [0.4, 0.5) is 5.82 Å². The minimum absolute atomic E-state index is 0.242. The summed E-state index contributed by atoms with van der Waals surface area (Å²) >= 11 is 0. The Labute approximate surface area is 138 Å². The van der Waals surface area contributed by atoms with Crippen LogP contribution < -0.4 is 5.73 Å². The van der Waals surface area contributed by atoms with E-state index in [1.807, 2.05) is 13.8 Å². The second-order valence-electron chi connectivity index (χ2n) is 6.15. The van der Waals surface area contributed by atoms with E-state index in [4.69, 9.17) is 15.3 Å². The van der Waals surface area contributed by atoms with Crippen LogP contribution in [-0.2, 0) is 9.57 Å². The summed E-state index contributed by atoms with van der Waals surface area (Å²) in [6.07, 6.45) is -0.360. The molecule has 10 heteroatoms. The zero-order valence-electron chi connectivity index (χ0n) is 13.8. The molecule has 1 saturated heterocycles. The van der Waals surface area contributed by atoms with Crippen LogP contribution >= 0.6 is 0 Å². The molecule has 1 aliphatic heterocycles. The number of aliphatic hydroxyl groups excluding tert-OH is 2. The van der Waals surface area contributed by atoms with Gasteiger partial charge in [0.15, 0.2) is 30.1 Å². The van der Waals surface area contributed by atoms with Gasteiger partial charge in [-0.2, -0.15) is 0 Å². The number of hydrogen-bond donors (Lipinski definition) is 3. The number of fused-ring (bicyclic) bond motifs is 1. The molecule has 3 unspecified atom stereocenters. The molecule has 0 bridgehead atoms. The number of morpholine rings is 1. The van der Waals surface area contributed by atoms with Crippen molar-refractivity contribution < 1.29 is 19.8 Å². The van der Waals surface area contributed by atoms with Crippen molar-refractivity contribution in [2.75, 3.05) is 12.8 Å². The predicted molar refractivity (Wildman–Crippen MR) is 84.0 cm³/mol. The first kappa shape index (κ1) is 17.0. The lowest BCUT2D eigenvalue weighted by Gasteiger charge is -2.44. The third-order valence-corrected chi connectivity index (χ3v) is 4.00. The van der Waals surface area contributed by atoms with Crippen molar-refractivity contribution in [2.45, 2.75) is 45.1 Å². The number of aromatic nitrogens is 4. The minimum atomic E-state index is -1.25. The molecule has 4 N–H and O–H groups in total. The molecule has 1 fully saturated rings. The van der Waals surface area contributed by atoms with Gasteiger partial charge in [-0.3, -0.25) is 9.40 Å². The minimum Gasteiger partial charge on any atom is -0.382 e. The van der Waals surface area contributed by atoms with Gasteiger partial charge in [-0.15, -0.1) is 5.06 Å². The van der Waals surface area contributed by atoms with Crippen LogP contribution in [0.15, 0.2) is 12.7 Å². The topological polar surface area (TPSA) is 132 Å². The SMILES string of the molecule is CON1C(O)C(n2cnc3c(N)ncnc32)O[C@H](CC(C)C)C1O. The summed E-state index contributed by atoms with van der Waals surface area (Å²) in [6, 6.07) is 0. The number of anilines is 1. The highest BCUT2D eigenvalue weighted by Gasteiger charge is 2.44. The Morgan fingerprint density at radius 2 is 2.04 bits per heavy atom. The molecule has 3 heterocycles.